The van der Waals surface area contributed by atoms with Gasteiger partial charge in [-0.05, 0) is 27.7 Å². The molecule has 8 heteroatoms. The molecule has 2 unspecified atom stereocenters. The molecule has 0 radical (unpaired) electrons. The van der Waals surface area contributed by atoms with Gasteiger partial charge in [0, 0.05) is 26.4 Å². The summed E-state index contributed by atoms with van der Waals surface area (Å²) in [5.74, 6) is -0.290. The lowest BCUT2D eigenvalue weighted by molar-refractivity contribution is -0.144. The number of morpholine rings is 1. The number of rotatable bonds is 5. The molecule has 1 aromatic rings. The highest BCUT2D eigenvalue weighted by molar-refractivity contribution is 5.96. The number of carbonyl (C=O) groups excluding carboxylic acids is 2. The molecule has 1 N–H and O–H groups in total. The van der Waals surface area contributed by atoms with E-state index in [1.807, 2.05) is 13.8 Å². The molecule has 0 saturated carbocycles. The molecule has 134 valence electrons. The third-order valence-corrected chi connectivity index (χ3v) is 4.02. The molecule has 8 nitrogen and oxygen atoms in total. The maximum atomic E-state index is 12.4. The van der Waals surface area contributed by atoms with Crippen molar-refractivity contribution in [1.29, 1.82) is 0 Å². The summed E-state index contributed by atoms with van der Waals surface area (Å²) in [5.41, 5.74) is -0.403. The van der Waals surface area contributed by atoms with Gasteiger partial charge in [0.2, 0.25) is 5.91 Å². The number of nitrogens with one attached hydrogen (secondary N) is 1. The first kappa shape index (κ1) is 18.4. The Morgan fingerprint density at radius 2 is 2.00 bits per heavy atom. The van der Waals surface area contributed by atoms with E-state index in [4.69, 9.17) is 9.47 Å². The van der Waals surface area contributed by atoms with Crippen LogP contribution in [0.1, 0.15) is 27.7 Å². The van der Waals surface area contributed by atoms with E-state index < -0.39 is 5.60 Å². The van der Waals surface area contributed by atoms with Gasteiger partial charge in [0.1, 0.15) is 12.1 Å². The minimum atomic E-state index is -0.933. The summed E-state index contributed by atoms with van der Waals surface area (Å²) in [6.07, 6.45) is 3.21. The molecule has 1 aromatic heterocycles. The summed E-state index contributed by atoms with van der Waals surface area (Å²) in [7, 11) is 1.48. The van der Waals surface area contributed by atoms with Gasteiger partial charge in [0.05, 0.1) is 24.1 Å². The minimum Gasteiger partial charge on any atom is -0.372 e. The van der Waals surface area contributed by atoms with Crippen molar-refractivity contribution < 1.29 is 19.1 Å². The maximum absolute atomic E-state index is 12.4. The predicted octanol–water partition coefficient (Wildman–Crippen LogP) is 0.882. The van der Waals surface area contributed by atoms with Crippen LogP contribution in [0, 0.1) is 0 Å². The molecule has 0 aromatic carbocycles. The standard InChI is InChI=1S/C16H26N4O4/c1-11-7-19(8-12(2)24-11)14(21)10-20-9-13(6-17-20)18-15(22)16(3,4)23-5/h6,9,11-12H,7-8,10H2,1-5H3,(H,18,22). The number of anilines is 1. The molecule has 1 saturated heterocycles. The molecule has 1 fully saturated rings. The van der Waals surface area contributed by atoms with E-state index in [1.54, 1.807) is 24.9 Å². The molecule has 2 atom stereocenters. The van der Waals surface area contributed by atoms with Gasteiger partial charge in [0.15, 0.2) is 0 Å². The van der Waals surface area contributed by atoms with Crippen LogP contribution in [0.5, 0.6) is 0 Å². The van der Waals surface area contributed by atoms with Gasteiger partial charge in [0.25, 0.3) is 5.91 Å². The Bertz CT molecular complexity index is 589. The zero-order valence-corrected chi connectivity index (χ0v) is 14.9. The SMILES string of the molecule is COC(C)(C)C(=O)Nc1cnn(CC(=O)N2CC(C)OC(C)C2)c1. The Morgan fingerprint density at radius 1 is 1.38 bits per heavy atom. The molecular weight excluding hydrogens is 312 g/mol. The van der Waals surface area contributed by atoms with Crippen molar-refractivity contribution >= 4 is 17.5 Å². The average Bonchev–Trinajstić information content (AvgIpc) is 2.93. The summed E-state index contributed by atoms with van der Waals surface area (Å²) >= 11 is 0. The van der Waals surface area contributed by atoms with Crippen molar-refractivity contribution in [3.8, 4) is 0 Å². The number of amides is 2. The molecular formula is C16H26N4O4. The van der Waals surface area contributed by atoms with Gasteiger partial charge in [-0.15, -0.1) is 0 Å². The van der Waals surface area contributed by atoms with Gasteiger partial charge in [-0.2, -0.15) is 5.10 Å². The van der Waals surface area contributed by atoms with Crippen LogP contribution in [0.4, 0.5) is 5.69 Å². The first-order valence-electron chi connectivity index (χ1n) is 8.03. The van der Waals surface area contributed by atoms with Crippen molar-refractivity contribution in [3.05, 3.63) is 12.4 Å². The van der Waals surface area contributed by atoms with Gasteiger partial charge in [-0.3, -0.25) is 14.3 Å². The number of methoxy groups -OCH3 is 1. The number of hydrogen-bond donors (Lipinski definition) is 1. The van der Waals surface area contributed by atoms with E-state index in [-0.39, 0.29) is 30.6 Å². The second kappa shape index (κ2) is 7.31. The lowest BCUT2D eigenvalue weighted by Crippen LogP contribution is -2.49. The average molecular weight is 338 g/mol. The second-order valence-corrected chi connectivity index (χ2v) is 6.65. The van der Waals surface area contributed by atoms with Crippen molar-refractivity contribution in [2.45, 2.75) is 52.0 Å². The van der Waals surface area contributed by atoms with Crippen molar-refractivity contribution in [1.82, 2.24) is 14.7 Å². The Balaban J connectivity index is 1.94. The van der Waals surface area contributed by atoms with Crippen LogP contribution < -0.4 is 5.32 Å². The van der Waals surface area contributed by atoms with E-state index in [2.05, 4.69) is 10.4 Å². The lowest BCUT2D eigenvalue weighted by Gasteiger charge is -2.35. The van der Waals surface area contributed by atoms with E-state index in [1.165, 1.54) is 18.0 Å². The highest BCUT2D eigenvalue weighted by Crippen LogP contribution is 2.14. The number of carbonyl (C=O) groups is 2. The maximum Gasteiger partial charge on any atom is 0.256 e. The smallest absolute Gasteiger partial charge is 0.256 e. The lowest BCUT2D eigenvalue weighted by atomic mass is 10.1. The summed E-state index contributed by atoms with van der Waals surface area (Å²) < 4.78 is 12.3. The van der Waals surface area contributed by atoms with Crippen molar-refractivity contribution in [2.75, 3.05) is 25.5 Å². The summed E-state index contributed by atoms with van der Waals surface area (Å²) in [5, 5.41) is 6.86. The molecule has 0 bridgehead atoms. The van der Waals surface area contributed by atoms with Crippen LogP contribution in [0.25, 0.3) is 0 Å². The van der Waals surface area contributed by atoms with E-state index in [0.29, 0.717) is 18.8 Å². The molecule has 2 rings (SSSR count). The van der Waals surface area contributed by atoms with Crippen molar-refractivity contribution in [2.24, 2.45) is 0 Å². The first-order chi connectivity index (χ1) is 11.2. The van der Waals surface area contributed by atoms with Crippen LogP contribution in [-0.4, -0.2) is 64.5 Å². The Hall–Kier alpha value is -1.93. The molecule has 1 aliphatic heterocycles. The summed E-state index contributed by atoms with van der Waals surface area (Å²) in [6.45, 7) is 8.55. The zero-order valence-electron chi connectivity index (χ0n) is 14.9. The van der Waals surface area contributed by atoms with Gasteiger partial charge in [-0.25, -0.2) is 0 Å². The van der Waals surface area contributed by atoms with Gasteiger partial charge < -0.3 is 19.7 Å². The molecule has 1 aliphatic rings. The van der Waals surface area contributed by atoms with E-state index >= 15 is 0 Å². The second-order valence-electron chi connectivity index (χ2n) is 6.65. The third-order valence-electron chi connectivity index (χ3n) is 4.02. The highest BCUT2D eigenvalue weighted by Gasteiger charge is 2.28. The minimum absolute atomic E-state index is 0.0183. The fraction of sp³-hybridized carbons (Fsp3) is 0.688. The number of ether oxygens (including phenoxy) is 2. The van der Waals surface area contributed by atoms with Crippen LogP contribution in [0.2, 0.25) is 0 Å². The number of aromatic nitrogens is 2. The monoisotopic (exact) mass is 338 g/mol. The Labute approximate surface area is 142 Å². The van der Waals surface area contributed by atoms with Gasteiger partial charge >= 0.3 is 0 Å². The van der Waals surface area contributed by atoms with E-state index in [9.17, 15) is 9.59 Å². The summed E-state index contributed by atoms with van der Waals surface area (Å²) in [4.78, 5) is 26.2. The molecule has 2 heterocycles. The predicted molar refractivity (Wildman–Crippen MR) is 88.5 cm³/mol. The van der Waals surface area contributed by atoms with Gasteiger partial charge in [-0.1, -0.05) is 0 Å². The zero-order chi connectivity index (χ0) is 17.9. The normalized spacial score (nSPS) is 21.6. The quantitative estimate of drug-likeness (QED) is 0.861. The molecule has 2 amide bonds. The van der Waals surface area contributed by atoms with Crippen LogP contribution >= 0.6 is 0 Å². The Kier molecular flexibility index (Phi) is 5.61. The first-order valence-corrected chi connectivity index (χ1v) is 8.03. The van der Waals surface area contributed by atoms with Crippen LogP contribution in [0.3, 0.4) is 0 Å². The molecule has 0 aliphatic carbocycles. The third kappa shape index (κ3) is 4.55. The largest absolute Gasteiger partial charge is 0.372 e. The van der Waals surface area contributed by atoms with Crippen molar-refractivity contribution in [3.63, 3.8) is 0 Å². The topological polar surface area (TPSA) is 85.7 Å². The highest BCUT2D eigenvalue weighted by atomic mass is 16.5. The number of nitrogens with zero attached hydrogens (tertiary/aromatic N) is 3. The summed E-state index contributed by atoms with van der Waals surface area (Å²) in [6, 6.07) is 0. The molecule has 24 heavy (non-hydrogen) atoms. The number of hydrogen-bond acceptors (Lipinski definition) is 5. The van der Waals surface area contributed by atoms with Crippen LogP contribution in [0.15, 0.2) is 12.4 Å². The molecule has 0 spiro atoms. The Morgan fingerprint density at radius 3 is 2.58 bits per heavy atom. The van der Waals surface area contributed by atoms with E-state index in [0.717, 1.165) is 0 Å². The fourth-order valence-corrected chi connectivity index (χ4v) is 2.51. The van der Waals surface area contributed by atoms with Crippen LogP contribution in [-0.2, 0) is 25.6 Å². The fourth-order valence-electron chi connectivity index (χ4n) is 2.51.